The van der Waals surface area contributed by atoms with Crippen LogP contribution in [0.1, 0.15) is 42.6 Å². The maximum atomic E-state index is 11.9. The molecule has 1 rings (SSSR count). The van der Waals surface area contributed by atoms with Gasteiger partial charge in [-0.2, -0.15) is 4.98 Å². The molecule has 0 aromatic carbocycles. The predicted molar refractivity (Wildman–Crippen MR) is 72.5 cm³/mol. The third-order valence-corrected chi connectivity index (χ3v) is 3.29. The van der Waals surface area contributed by atoms with E-state index in [0.29, 0.717) is 29.9 Å². The van der Waals surface area contributed by atoms with Crippen molar-refractivity contribution in [2.75, 3.05) is 0 Å². The fraction of sp³-hybridized carbons (Fsp3) is 0.538. The second-order valence-electron chi connectivity index (χ2n) is 4.76. The molecule has 0 aliphatic carbocycles. The van der Waals surface area contributed by atoms with Gasteiger partial charge in [-0.15, -0.1) is 0 Å². The lowest BCUT2D eigenvalue weighted by molar-refractivity contribution is -0.138. The highest BCUT2D eigenvalue weighted by atomic mass is 16.4. The third-order valence-electron chi connectivity index (χ3n) is 3.29. The molecule has 1 unspecified atom stereocenters. The van der Waals surface area contributed by atoms with Gasteiger partial charge >= 0.3 is 11.7 Å². The smallest absolute Gasteiger partial charge is 0.347 e. The number of primary amides is 1. The second-order valence-corrected chi connectivity index (χ2v) is 4.76. The Balaban J connectivity index is 3.19. The van der Waals surface area contributed by atoms with Gasteiger partial charge in [0.05, 0.1) is 5.92 Å². The zero-order valence-electron chi connectivity index (χ0n) is 11.8. The van der Waals surface area contributed by atoms with Crippen molar-refractivity contribution in [1.82, 2.24) is 9.55 Å². The minimum Gasteiger partial charge on any atom is -0.481 e. The van der Waals surface area contributed by atoms with Crippen LogP contribution in [0.4, 0.5) is 0 Å². The largest absolute Gasteiger partial charge is 0.481 e. The van der Waals surface area contributed by atoms with Gasteiger partial charge in [-0.1, -0.05) is 0 Å². The molecule has 3 N–H and O–H groups in total. The van der Waals surface area contributed by atoms with Crippen LogP contribution in [0.25, 0.3) is 0 Å². The summed E-state index contributed by atoms with van der Waals surface area (Å²) in [6.07, 6.45) is 0.589. The van der Waals surface area contributed by atoms with Crippen LogP contribution in [0.15, 0.2) is 4.79 Å². The molecule has 1 amide bonds. The number of hydrogen-bond acceptors (Lipinski definition) is 4. The predicted octanol–water partition coefficient (Wildman–Crippen LogP) is 0.314. The van der Waals surface area contributed by atoms with E-state index in [9.17, 15) is 14.4 Å². The number of carboxylic acids is 1. The van der Waals surface area contributed by atoms with Crippen LogP contribution in [-0.4, -0.2) is 26.5 Å². The lowest BCUT2D eigenvalue weighted by atomic mass is 9.98. The van der Waals surface area contributed by atoms with Gasteiger partial charge in [0.1, 0.15) is 0 Å². The lowest BCUT2D eigenvalue weighted by Crippen LogP contribution is -2.29. The number of nitrogens with two attached hydrogens (primary N) is 1. The SMILES string of the molecule is Cc1nc(=O)n(CCCC(N)=O)c(C)c1C(C)C(=O)O. The Hall–Kier alpha value is -2.18. The summed E-state index contributed by atoms with van der Waals surface area (Å²) in [5, 5.41) is 9.12. The normalized spacial score (nSPS) is 12.2. The number of aliphatic carboxylic acids is 1. The number of carbonyl (C=O) groups excluding carboxylic acids is 1. The molecule has 7 heteroatoms. The highest BCUT2D eigenvalue weighted by molar-refractivity contribution is 5.76. The number of rotatable bonds is 6. The molecular formula is C13H19N3O4. The van der Waals surface area contributed by atoms with Crippen LogP contribution >= 0.6 is 0 Å². The minimum absolute atomic E-state index is 0.170. The Morgan fingerprint density at radius 2 is 2.00 bits per heavy atom. The maximum Gasteiger partial charge on any atom is 0.347 e. The Morgan fingerprint density at radius 3 is 2.50 bits per heavy atom. The van der Waals surface area contributed by atoms with Crippen molar-refractivity contribution in [3.8, 4) is 0 Å². The van der Waals surface area contributed by atoms with E-state index in [1.54, 1.807) is 20.8 Å². The summed E-state index contributed by atoms with van der Waals surface area (Å²) in [5.41, 5.74) is 6.15. The van der Waals surface area contributed by atoms with E-state index in [0.717, 1.165) is 0 Å². The van der Waals surface area contributed by atoms with Gasteiger partial charge in [0.2, 0.25) is 5.91 Å². The Morgan fingerprint density at radius 1 is 1.40 bits per heavy atom. The van der Waals surface area contributed by atoms with Crippen LogP contribution in [0.5, 0.6) is 0 Å². The summed E-state index contributed by atoms with van der Waals surface area (Å²) in [5.74, 6) is -2.15. The fourth-order valence-corrected chi connectivity index (χ4v) is 2.24. The van der Waals surface area contributed by atoms with Crippen LogP contribution in [0, 0.1) is 13.8 Å². The molecule has 0 aliphatic heterocycles. The van der Waals surface area contributed by atoms with Crippen LogP contribution in [0.2, 0.25) is 0 Å². The van der Waals surface area contributed by atoms with Gasteiger partial charge in [0.15, 0.2) is 0 Å². The molecule has 7 nitrogen and oxygen atoms in total. The van der Waals surface area contributed by atoms with E-state index in [1.165, 1.54) is 4.57 Å². The molecule has 110 valence electrons. The molecule has 0 fully saturated rings. The molecule has 20 heavy (non-hydrogen) atoms. The molecule has 0 radical (unpaired) electrons. The van der Waals surface area contributed by atoms with Crippen molar-refractivity contribution in [2.24, 2.45) is 5.73 Å². The van der Waals surface area contributed by atoms with Crippen LogP contribution in [0.3, 0.4) is 0 Å². The molecule has 1 heterocycles. The minimum atomic E-state index is -0.972. The average Bonchev–Trinajstić information content (AvgIpc) is 2.32. The van der Waals surface area contributed by atoms with Crippen LogP contribution in [-0.2, 0) is 16.1 Å². The highest BCUT2D eigenvalue weighted by Gasteiger charge is 2.22. The summed E-state index contributed by atoms with van der Waals surface area (Å²) in [7, 11) is 0. The van der Waals surface area contributed by atoms with E-state index >= 15 is 0 Å². The van der Waals surface area contributed by atoms with Gasteiger partial charge in [-0.05, 0) is 27.2 Å². The average molecular weight is 281 g/mol. The Labute approximate surface area is 116 Å². The zero-order chi connectivity index (χ0) is 15.4. The Kier molecular flexibility index (Phi) is 5.01. The highest BCUT2D eigenvalue weighted by Crippen LogP contribution is 2.21. The summed E-state index contributed by atoms with van der Waals surface area (Å²) in [4.78, 5) is 37.6. The Bertz CT molecular complexity index is 592. The number of carboxylic acid groups (broad SMARTS) is 1. The van der Waals surface area contributed by atoms with Gasteiger partial charge < -0.3 is 10.8 Å². The number of nitrogens with zero attached hydrogens (tertiary/aromatic N) is 2. The molecule has 0 saturated heterocycles. The zero-order valence-corrected chi connectivity index (χ0v) is 11.8. The van der Waals surface area contributed by atoms with E-state index in [1.807, 2.05) is 0 Å². The summed E-state index contributed by atoms with van der Waals surface area (Å²) in [6.45, 7) is 5.16. The lowest BCUT2D eigenvalue weighted by Gasteiger charge is -2.17. The molecule has 1 aromatic heterocycles. The van der Waals surface area contributed by atoms with E-state index < -0.39 is 23.5 Å². The first-order chi connectivity index (χ1) is 9.25. The molecule has 1 atom stereocenters. The third kappa shape index (κ3) is 3.43. The van der Waals surface area contributed by atoms with E-state index in [4.69, 9.17) is 10.8 Å². The summed E-state index contributed by atoms with van der Waals surface area (Å²) in [6, 6.07) is 0. The topological polar surface area (TPSA) is 115 Å². The first-order valence-electron chi connectivity index (χ1n) is 6.34. The molecule has 0 saturated carbocycles. The van der Waals surface area contributed by atoms with Crippen molar-refractivity contribution in [3.63, 3.8) is 0 Å². The van der Waals surface area contributed by atoms with E-state index in [2.05, 4.69) is 4.98 Å². The van der Waals surface area contributed by atoms with E-state index in [-0.39, 0.29) is 6.42 Å². The first-order valence-corrected chi connectivity index (χ1v) is 6.34. The fourth-order valence-electron chi connectivity index (χ4n) is 2.24. The van der Waals surface area contributed by atoms with Crippen molar-refractivity contribution < 1.29 is 14.7 Å². The van der Waals surface area contributed by atoms with Gasteiger partial charge in [-0.3, -0.25) is 14.2 Å². The maximum absolute atomic E-state index is 11.9. The summed E-state index contributed by atoms with van der Waals surface area (Å²) >= 11 is 0. The van der Waals surface area contributed by atoms with Crippen LogP contribution < -0.4 is 11.4 Å². The van der Waals surface area contributed by atoms with Gasteiger partial charge in [0, 0.05) is 29.9 Å². The van der Waals surface area contributed by atoms with Crippen molar-refractivity contribution >= 4 is 11.9 Å². The monoisotopic (exact) mass is 281 g/mol. The molecule has 0 spiro atoms. The van der Waals surface area contributed by atoms with Crippen molar-refractivity contribution in [3.05, 3.63) is 27.4 Å². The van der Waals surface area contributed by atoms with Gasteiger partial charge in [0.25, 0.3) is 0 Å². The standard InChI is InChI=1S/C13H19N3O4/c1-7(12(18)19)11-8(2)15-13(20)16(9(11)3)6-4-5-10(14)17/h7H,4-6H2,1-3H3,(H2,14,17)(H,18,19). The number of carbonyl (C=O) groups is 2. The summed E-state index contributed by atoms with van der Waals surface area (Å²) < 4.78 is 1.39. The number of hydrogen-bond donors (Lipinski definition) is 2. The molecule has 0 bridgehead atoms. The molecular weight excluding hydrogens is 262 g/mol. The van der Waals surface area contributed by atoms with Gasteiger partial charge in [-0.25, -0.2) is 4.79 Å². The number of aryl methyl sites for hydroxylation is 1. The van der Waals surface area contributed by atoms with Crippen molar-refractivity contribution in [1.29, 1.82) is 0 Å². The second kappa shape index (κ2) is 6.31. The molecule has 1 aromatic rings. The number of aromatic nitrogens is 2. The quantitative estimate of drug-likeness (QED) is 0.778. The first kappa shape index (κ1) is 15.9. The number of amides is 1. The van der Waals surface area contributed by atoms with Crippen molar-refractivity contribution in [2.45, 2.75) is 46.1 Å². The molecule has 0 aliphatic rings.